The molecule has 1 aromatic heterocycles. The topological polar surface area (TPSA) is 91.4 Å². The number of fused-ring (bicyclic) bond motifs is 1. The van der Waals surface area contributed by atoms with Gasteiger partial charge in [0, 0.05) is 30.7 Å². The lowest BCUT2D eigenvalue weighted by molar-refractivity contribution is -0.154. The quantitative estimate of drug-likeness (QED) is 0.802. The maximum Gasteiger partial charge on any atom is 0.311 e. The molecule has 1 aliphatic heterocycles. The van der Waals surface area contributed by atoms with Crippen molar-refractivity contribution in [1.29, 1.82) is 0 Å². The second-order valence-electron chi connectivity index (χ2n) is 5.80. The third kappa shape index (κ3) is 3.05. The van der Waals surface area contributed by atoms with E-state index >= 15 is 0 Å². The lowest BCUT2D eigenvalue weighted by Gasteiger charge is -2.33. The predicted octanol–water partition coefficient (Wildman–Crippen LogP) is 1.92. The first-order valence-electron chi connectivity index (χ1n) is 7.38. The van der Waals surface area contributed by atoms with Crippen molar-refractivity contribution in [3.63, 3.8) is 0 Å². The minimum Gasteiger partial charge on any atom is -0.481 e. The van der Waals surface area contributed by atoms with Crippen molar-refractivity contribution < 1.29 is 23.8 Å². The second kappa shape index (κ2) is 6.00. The van der Waals surface area contributed by atoms with E-state index in [2.05, 4.69) is 10.3 Å². The van der Waals surface area contributed by atoms with Gasteiger partial charge >= 0.3 is 5.97 Å². The molecule has 6 nitrogen and oxygen atoms in total. The molecule has 0 spiro atoms. The molecule has 3 N–H and O–H groups in total. The third-order valence-electron chi connectivity index (χ3n) is 4.32. The molecule has 1 saturated heterocycles. The number of carbonyl (C=O) groups is 2. The van der Waals surface area contributed by atoms with E-state index in [0.29, 0.717) is 37.0 Å². The molecule has 0 aliphatic carbocycles. The smallest absolute Gasteiger partial charge is 0.311 e. The minimum absolute atomic E-state index is 0.0360. The molecule has 1 fully saturated rings. The van der Waals surface area contributed by atoms with Gasteiger partial charge in [0.1, 0.15) is 11.5 Å². The highest BCUT2D eigenvalue weighted by Crippen LogP contribution is 2.30. The van der Waals surface area contributed by atoms with E-state index in [1.165, 1.54) is 12.1 Å². The lowest BCUT2D eigenvalue weighted by atomic mass is 9.80. The summed E-state index contributed by atoms with van der Waals surface area (Å²) in [7, 11) is 0. The number of rotatable bonds is 4. The summed E-state index contributed by atoms with van der Waals surface area (Å²) in [6.07, 6.45) is 0.723. The summed E-state index contributed by atoms with van der Waals surface area (Å²) < 4.78 is 18.4. The highest BCUT2D eigenvalue weighted by molar-refractivity contribution is 5.98. The van der Waals surface area contributed by atoms with Crippen molar-refractivity contribution in [2.75, 3.05) is 19.8 Å². The molecule has 1 amide bonds. The molecule has 2 aromatic rings. The van der Waals surface area contributed by atoms with Crippen LogP contribution in [0, 0.1) is 11.2 Å². The number of aliphatic carboxylic acids is 1. The number of amides is 1. The monoisotopic (exact) mass is 320 g/mol. The Morgan fingerprint density at radius 2 is 2.04 bits per heavy atom. The molecular weight excluding hydrogens is 303 g/mol. The van der Waals surface area contributed by atoms with Gasteiger partial charge in [-0.1, -0.05) is 0 Å². The summed E-state index contributed by atoms with van der Waals surface area (Å²) >= 11 is 0. The number of hydrogen-bond acceptors (Lipinski definition) is 3. The molecule has 23 heavy (non-hydrogen) atoms. The number of carboxylic acids is 1. The Hall–Kier alpha value is -2.41. The molecule has 0 radical (unpaired) electrons. The van der Waals surface area contributed by atoms with Crippen LogP contribution in [0.1, 0.15) is 23.3 Å². The first-order chi connectivity index (χ1) is 11.0. The van der Waals surface area contributed by atoms with E-state index in [0.717, 1.165) is 0 Å². The van der Waals surface area contributed by atoms with Crippen LogP contribution in [0.3, 0.4) is 0 Å². The summed E-state index contributed by atoms with van der Waals surface area (Å²) in [5.41, 5.74) is -0.0692. The summed E-state index contributed by atoms with van der Waals surface area (Å²) in [6, 6.07) is 5.74. The fourth-order valence-corrected chi connectivity index (χ4v) is 2.80. The van der Waals surface area contributed by atoms with Gasteiger partial charge in [0.2, 0.25) is 0 Å². The Labute approximate surface area is 131 Å². The zero-order valence-corrected chi connectivity index (χ0v) is 12.4. The highest BCUT2D eigenvalue weighted by Gasteiger charge is 2.40. The molecular formula is C16H17FN2O4. The minimum atomic E-state index is -0.994. The van der Waals surface area contributed by atoms with Crippen LogP contribution in [0.2, 0.25) is 0 Å². The maximum absolute atomic E-state index is 13.2. The van der Waals surface area contributed by atoms with Crippen LogP contribution in [0.15, 0.2) is 24.3 Å². The van der Waals surface area contributed by atoms with Crippen LogP contribution in [-0.2, 0) is 9.53 Å². The van der Waals surface area contributed by atoms with E-state index in [4.69, 9.17) is 4.74 Å². The molecule has 2 heterocycles. The first-order valence-corrected chi connectivity index (χ1v) is 7.38. The Bertz CT molecular complexity index is 750. The van der Waals surface area contributed by atoms with Crippen LogP contribution in [0.25, 0.3) is 10.9 Å². The van der Waals surface area contributed by atoms with Gasteiger partial charge in [-0.25, -0.2) is 4.39 Å². The van der Waals surface area contributed by atoms with Gasteiger partial charge < -0.3 is 20.1 Å². The van der Waals surface area contributed by atoms with E-state index < -0.39 is 17.3 Å². The van der Waals surface area contributed by atoms with E-state index in [9.17, 15) is 19.1 Å². The van der Waals surface area contributed by atoms with Crippen molar-refractivity contribution in [1.82, 2.24) is 10.3 Å². The van der Waals surface area contributed by atoms with Crippen LogP contribution in [0.4, 0.5) is 4.39 Å². The van der Waals surface area contributed by atoms with Gasteiger partial charge in [0.25, 0.3) is 5.91 Å². The predicted molar refractivity (Wildman–Crippen MR) is 80.7 cm³/mol. The van der Waals surface area contributed by atoms with E-state index in [1.54, 1.807) is 12.1 Å². The van der Waals surface area contributed by atoms with Crippen molar-refractivity contribution in [3.8, 4) is 0 Å². The first kappa shape index (κ1) is 15.5. The number of ether oxygens (including phenoxy) is 1. The zero-order chi connectivity index (χ0) is 16.4. The standard InChI is InChI=1S/C16H17FN2O4/c17-11-1-2-12-10(7-11)8-13(19-12)14(20)18-9-16(15(21)22)3-5-23-6-4-16/h1-2,7-8,19H,3-6,9H2,(H,18,20)(H,21,22). The number of benzene rings is 1. The van der Waals surface area contributed by atoms with E-state index in [1.807, 2.05) is 0 Å². The summed E-state index contributed by atoms with van der Waals surface area (Å²) in [5.74, 6) is -1.72. The molecule has 7 heteroatoms. The Kier molecular flexibility index (Phi) is 4.04. The van der Waals surface area contributed by atoms with Gasteiger partial charge in [-0.05, 0) is 37.1 Å². The average Bonchev–Trinajstić information content (AvgIpc) is 2.96. The van der Waals surface area contributed by atoms with Crippen molar-refractivity contribution in [2.24, 2.45) is 5.41 Å². The number of aromatic nitrogens is 1. The molecule has 122 valence electrons. The maximum atomic E-state index is 13.2. The van der Waals surface area contributed by atoms with Crippen molar-refractivity contribution >= 4 is 22.8 Å². The Morgan fingerprint density at radius 1 is 1.30 bits per heavy atom. The number of carboxylic acid groups (broad SMARTS) is 1. The van der Waals surface area contributed by atoms with Crippen LogP contribution < -0.4 is 5.32 Å². The summed E-state index contributed by atoms with van der Waals surface area (Å²) in [5, 5.41) is 12.7. The molecule has 0 unspecified atom stereocenters. The van der Waals surface area contributed by atoms with Gasteiger partial charge in [0.05, 0.1) is 5.41 Å². The van der Waals surface area contributed by atoms with Gasteiger partial charge in [-0.3, -0.25) is 9.59 Å². The molecule has 0 atom stereocenters. The number of aromatic amines is 1. The molecule has 0 saturated carbocycles. The molecule has 1 aliphatic rings. The van der Waals surface area contributed by atoms with Crippen molar-refractivity contribution in [2.45, 2.75) is 12.8 Å². The lowest BCUT2D eigenvalue weighted by Crippen LogP contribution is -2.46. The summed E-state index contributed by atoms with van der Waals surface area (Å²) in [4.78, 5) is 26.7. The van der Waals surface area contributed by atoms with Gasteiger partial charge in [-0.2, -0.15) is 0 Å². The highest BCUT2D eigenvalue weighted by atomic mass is 19.1. The Morgan fingerprint density at radius 3 is 2.74 bits per heavy atom. The normalized spacial score (nSPS) is 17.1. The molecule has 0 bridgehead atoms. The van der Waals surface area contributed by atoms with Crippen LogP contribution in [0.5, 0.6) is 0 Å². The Balaban J connectivity index is 1.73. The van der Waals surface area contributed by atoms with Crippen LogP contribution in [-0.4, -0.2) is 41.7 Å². The number of halogens is 1. The largest absolute Gasteiger partial charge is 0.481 e. The fraction of sp³-hybridized carbons (Fsp3) is 0.375. The number of H-pyrrole nitrogens is 1. The van der Waals surface area contributed by atoms with Gasteiger partial charge in [0.15, 0.2) is 0 Å². The SMILES string of the molecule is O=C(NCC1(C(=O)O)CCOCC1)c1cc2cc(F)ccc2[nH]1. The number of hydrogen-bond donors (Lipinski definition) is 3. The van der Waals surface area contributed by atoms with Crippen LogP contribution >= 0.6 is 0 Å². The number of carbonyl (C=O) groups excluding carboxylic acids is 1. The third-order valence-corrected chi connectivity index (χ3v) is 4.32. The van der Waals surface area contributed by atoms with Gasteiger partial charge in [-0.15, -0.1) is 0 Å². The summed E-state index contributed by atoms with van der Waals surface area (Å²) in [6.45, 7) is 0.774. The second-order valence-corrected chi connectivity index (χ2v) is 5.80. The molecule has 1 aromatic carbocycles. The molecule has 3 rings (SSSR count). The van der Waals surface area contributed by atoms with E-state index in [-0.39, 0.29) is 18.1 Å². The zero-order valence-electron chi connectivity index (χ0n) is 12.4. The fourth-order valence-electron chi connectivity index (χ4n) is 2.80. The van der Waals surface area contributed by atoms with Crippen molar-refractivity contribution in [3.05, 3.63) is 35.8 Å². The number of nitrogens with one attached hydrogen (secondary N) is 2. The average molecular weight is 320 g/mol.